The Morgan fingerprint density at radius 3 is 2.59 bits per heavy atom. The third-order valence-corrected chi connectivity index (χ3v) is 2.36. The Kier molecular flexibility index (Phi) is 7.70. The maximum absolute atomic E-state index is 8.84. The highest BCUT2D eigenvalue weighted by Crippen LogP contribution is 2.30. The smallest absolute Gasteiger partial charge is 0.161 e. The highest BCUT2D eigenvalue weighted by molar-refractivity contribution is 5.85. The van der Waals surface area contributed by atoms with Gasteiger partial charge in [-0.25, -0.2) is 0 Å². The molecule has 0 spiro atoms. The summed E-state index contributed by atoms with van der Waals surface area (Å²) in [6.45, 7) is 2.58. The van der Waals surface area contributed by atoms with Crippen LogP contribution < -0.4 is 15.2 Å². The molecule has 0 aliphatic carbocycles. The zero-order chi connectivity index (χ0) is 12.0. The monoisotopic (exact) mass is 261 g/mol. The van der Waals surface area contributed by atoms with Crippen molar-refractivity contribution in [3.05, 3.63) is 23.8 Å². The van der Waals surface area contributed by atoms with E-state index < -0.39 is 0 Å². The molecular formula is C12H20ClNO3. The maximum atomic E-state index is 8.84. The minimum absolute atomic E-state index is 0. The molecule has 1 atom stereocenters. The van der Waals surface area contributed by atoms with E-state index in [4.69, 9.17) is 20.3 Å². The van der Waals surface area contributed by atoms with Crippen LogP contribution in [0.4, 0.5) is 0 Å². The lowest BCUT2D eigenvalue weighted by Gasteiger charge is -2.14. The van der Waals surface area contributed by atoms with E-state index in [2.05, 4.69) is 0 Å². The number of hydrogen-bond donors (Lipinski definition) is 2. The minimum Gasteiger partial charge on any atom is -0.493 e. The minimum atomic E-state index is -0.171. The summed E-state index contributed by atoms with van der Waals surface area (Å²) in [5, 5.41) is 8.84. The molecule has 3 N–H and O–H groups in total. The average molecular weight is 262 g/mol. The first-order chi connectivity index (χ1) is 7.72. The number of aliphatic hydroxyl groups excluding tert-OH is 1. The predicted molar refractivity (Wildman–Crippen MR) is 70.0 cm³/mol. The molecule has 0 bridgehead atoms. The fraction of sp³-hybridized carbons (Fsp3) is 0.500. The molecule has 98 valence electrons. The number of nitrogens with two attached hydrogens (primary N) is 1. The molecule has 0 aliphatic heterocycles. The maximum Gasteiger partial charge on any atom is 0.161 e. The lowest BCUT2D eigenvalue weighted by atomic mass is 10.0. The van der Waals surface area contributed by atoms with Crippen LogP contribution in [0.5, 0.6) is 11.5 Å². The first-order valence-corrected chi connectivity index (χ1v) is 5.40. The van der Waals surface area contributed by atoms with E-state index >= 15 is 0 Å². The van der Waals surface area contributed by atoms with Crippen LogP contribution in [-0.4, -0.2) is 25.4 Å². The molecule has 0 aliphatic rings. The van der Waals surface area contributed by atoms with Gasteiger partial charge in [0.15, 0.2) is 11.5 Å². The number of methoxy groups -OCH3 is 1. The summed E-state index contributed by atoms with van der Waals surface area (Å²) in [7, 11) is 1.60. The molecule has 0 heterocycles. The van der Waals surface area contributed by atoms with Crippen molar-refractivity contribution in [1.82, 2.24) is 0 Å². The number of aliphatic hydroxyl groups is 1. The Bertz CT molecular complexity index is 334. The van der Waals surface area contributed by atoms with Crippen molar-refractivity contribution in [2.75, 3.05) is 20.3 Å². The summed E-state index contributed by atoms with van der Waals surface area (Å²) in [5.74, 6) is 1.39. The Morgan fingerprint density at radius 1 is 1.35 bits per heavy atom. The summed E-state index contributed by atoms with van der Waals surface area (Å²) < 4.78 is 10.6. The van der Waals surface area contributed by atoms with Crippen LogP contribution in [0.2, 0.25) is 0 Å². The first-order valence-electron chi connectivity index (χ1n) is 5.40. The average Bonchev–Trinajstić information content (AvgIpc) is 2.29. The van der Waals surface area contributed by atoms with E-state index in [0.717, 1.165) is 5.56 Å². The highest BCUT2D eigenvalue weighted by atomic mass is 35.5. The fourth-order valence-corrected chi connectivity index (χ4v) is 1.50. The molecule has 1 aromatic carbocycles. The van der Waals surface area contributed by atoms with Crippen molar-refractivity contribution in [1.29, 1.82) is 0 Å². The Balaban J connectivity index is 0.00000256. The summed E-state index contributed by atoms with van der Waals surface area (Å²) in [4.78, 5) is 0. The number of hydrogen-bond acceptors (Lipinski definition) is 4. The van der Waals surface area contributed by atoms with Crippen molar-refractivity contribution in [2.24, 2.45) is 5.73 Å². The molecular weight excluding hydrogens is 242 g/mol. The van der Waals surface area contributed by atoms with Gasteiger partial charge in [0.1, 0.15) is 0 Å². The molecule has 4 nitrogen and oxygen atoms in total. The standard InChI is InChI=1S/C12H19NO3.ClH/c1-3-16-12-8-9(10(13)6-7-14)4-5-11(12)15-2;/h4-5,8,10,14H,3,6-7,13H2,1-2H3;1H/t10-;/m0./s1. The summed E-state index contributed by atoms with van der Waals surface area (Å²) in [5.41, 5.74) is 6.85. The number of ether oxygens (including phenoxy) is 2. The zero-order valence-corrected chi connectivity index (χ0v) is 11.0. The van der Waals surface area contributed by atoms with Crippen LogP contribution in [0.3, 0.4) is 0 Å². The van der Waals surface area contributed by atoms with Gasteiger partial charge in [-0.3, -0.25) is 0 Å². The van der Waals surface area contributed by atoms with Crippen molar-refractivity contribution < 1.29 is 14.6 Å². The molecule has 0 saturated heterocycles. The van der Waals surface area contributed by atoms with E-state index in [9.17, 15) is 0 Å². The van der Waals surface area contributed by atoms with Gasteiger partial charge in [-0.05, 0) is 31.0 Å². The highest BCUT2D eigenvalue weighted by Gasteiger charge is 2.10. The second-order valence-electron chi connectivity index (χ2n) is 3.46. The van der Waals surface area contributed by atoms with Gasteiger partial charge in [0.2, 0.25) is 0 Å². The van der Waals surface area contributed by atoms with Gasteiger partial charge in [-0.2, -0.15) is 0 Å². The van der Waals surface area contributed by atoms with Gasteiger partial charge in [-0.15, -0.1) is 12.4 Å². The molecule has 17 heavy (non-hydrogen) atoms. The Hall–Kier alpha value is -0.970. The van der Waals surface area contributed by atoms with Crippen molar-refractivity contribution in [2.45, 2.75) is 19.4 Å². The summed E-state index contributed by atoms with van der Waals surface area (Å²) in [6.07, 6.45) is 0.540. The molecule has 1 aromatic rings. The molecule has 0 fully saturated rings. The van der Waals surface area contributed by atoms with Crippen molar-refractivity contribution >= 4 is 12.4 Å². The number of benzene rings is 1. The zero-order valence-electron chi connectivity index (χ0n) is 10.2. The molecule has 0 unspecified atom stereocenters. The molecule has 0 aromatic heterocycles. The van der Waals surface area contributed by atoms with Crippen LogP contribution in [0, 0.1) is 0 Å². The van der Waals surface area contributed by atoms with Gasteiger partial charge in [0.05, 0.1) is 13.7 Å². The molecule has 1 rings (SSSR count). The number of rotatable bonds is 6. The molecule has 0 saturated carbocycles. The fourth-order valence-electron chi connectivity index (χ4n) is 1.50. The third kappa shape index (κ3) is 4.42. The quantitative estimate of drug-likeness (QED) is 0.821. The largest absolute Gasteiger partial charge is 0.493 e. The third-order valence-electron chi connectivity index (χ3n) is 2.36. The predicted octanol–water partition coefficient (Wildman–Crippen LogP) is 1.90. The SMILES string of the molecule is CCOc1cc([C@@H](N)CCO)ccc1OC.Cl. The second kappa shape index (κ2) is 8.17. The molecule has 0 amide bonds. The van der Waals surface area contributed by atoms with Crippen molar-refractivity contribution in [3.8, 4) is 11.5 Å². The van der Waals surface area contributed by atoms with Gasteiger partial charge in [0, 0.05) is 12.6 Å². The van der Waals surface area contributed by atoms with Crippen LogP contribution in [-0.2, 0) is 0 Å². The topological polar surface area (TPSA) is 64.7 Å². The van der Waals surface area contributed by atoms with Gasteiger partial charge in [0.25, 0.3) is 0 Å². The van der Waals surface area contributed by atoms with Gasteiger partial charge in [-0.1, -0.05) is 6.07 Å². The summed E-state index contributed by atoms with van der Waals surface area (Å²) in [6, 6.07) is 5.41. The van der Waals surface area contributed by atoms with E-state index in [1.165, 1.54) is 0 Å². The van der Waals surface area contributed by atoms with Gasteiger partial charge >= 0.3 is 0 Å². The van der Waals surface area contributed by atoms with Crippen LogP contribution in [0.1, 0.15) is 24.9 Å². The van der Waals surface area contributed by atoms with E-state index in [-0.39, 0.29) is 25.1 Å². The van der Waals surface area contributed by atoms with Crippen molar-refractivity contribution in [3.63, 3.8) is 0 Å². The van der Waals surface area contributed by atoms with E-state index in [1.54, 1.807) is 7.11 Å². The molecule has 0 radical (unpaired) electrons. The van der Waals surface area contributed by atoms with E-state index in [0.29, 0.717) is 24.5 Å². The summed E-state index contributed by atoms with van der Waals surface area (Å²) >= 11 is 0. The van der Waals surface area contributed by atoms with Crippen LogP contribution in [0.15, 0.2) is 18.2 Å². The Morgan fingerprint density at radius 2 is 2.06 bits per heavy atom. The Labute approximate surface area is 108 Å². The van der Waals surface area contributed by atoms with Gasteiger partial charge < -0.3 is 20.3 Å². The number of halogens is 1. The second-order valence-corrected chi connectivity index (χ2v) is 3.46. The first kappa shape index (κ1) is 16.0. The molecule has 5 heteroatoms. The van der Waals surface area contributed by atoms with Crippen LogP contribution in [0.25, 0.3) is 0 Å². The normalized spacial score (nSPS) is 11.5. The van der Waals surface area contributed by atoms with E-state index in [1.807, 2.05) is 25.1 Å². The lowest BCUT2D eigenvalue weighted by molar-refractivity contribution is 0.276. The van der Waals surface area contributed by atoms with Crippen LogP contribution >= 0.6 is 12.4 Å². The lowest BCUT2D eigenvalue weighted by Crippen LogP contribution is -2.12.